The molecule has 0 saturated heterocycles. The van der Waals surface area contributed by atoms with Gasteiger partial charge < -0.3 is 5.73 Å². The maximum absolute atomic E-state index is 12.1. The van der Waals surface area contributed by atoms with Crippen molar-refractivity contribution in [1.29, 1.82) is 0 Å². The number of aryl methyl sites for hydroxylation is 1. The van der Waals surface area contributed by atoms with E-state index >= 15 is 0 Å². The summed E-state index contributed by atoms with van der Waals surface area (Å²) in [7, 11) is -3.57. The molecule has 0 aliphatic carbocycles. The molecule has 0 saturated carbocycles. The van der Waals surface area contributed by atoms with Crippen LogP contribution in [0.3, 0.4) is 0 Å². The van der Waals surface area contributed by atoms with Crippen molar-refractivity contribution in [2.45, 2.75) is 17.9 Å². The van der Waals surface area contributed by atoms with Crippen LogP contribution in [0.1, 0.15) is 6.42 Å². The molecule has 0 spiro atoms. The largest absolute Gasteiger partial charge is 0.398 e. The van der Waals surface area contributed by atoms with Crippen LogP contribution in [0.2, 0.25) is 0 Å². The molecular formula is C12H15BrN4O2S. The molecule has 20 heavy (non-hydrogen) atoms. The van der Waals surface area contributed by atoms with E-state index in [-0.39, 0.29) is 10.6 Å². The van der Waals surface area contributed by atoms with Crippen molar-refractivity contribution < 1.29 is 8.42 Å². The molecule has 0 bridgehead atoms. The van der Waals surface area contributed by atoms with Crippen molar-refractivity contribution in [1.82, 2.24) is 14.5 Å². The second-order valence-corrected chi connectivity index (χ2v) is 6.85. The van der Waals surface area contributed by atoms with E-state index < -0.39 is 10.0 Å². The number of nitrogens with zero attached hydrogens (tertiary/aromatic N) is 2. The van der Waals surface area contributed by atoms with Crippen molar-refractivity contribution >= 4 is 31.6 Å². The van der Waals surface area contributed by atoms with Crippen LogP contribution >= 0.6 is 15.9 Å². The van der Waals surface area contributed by atoms with Crippen LogP contribution in [-0.4, -0.2) is 24.7 Å². The molecule has 2 rings (SSSR count). The van der Waals surface area contributed by atoms with E-state index in [2.05, 4.69) is 25.8 Å². The average Bonchev–Trinajstić information content (AvgIpc) is 2.87. The average molecular weight is 359 g/mol. The summed E-state index contributed by atoms with van der Waals surface area (Å²) in [5.74, 6) is 0. The minimum atomic E-state index is -3.57. The Hall–Kier alpha value is -1.38. The van der Waals surface area contributed by atoms with E-state index in [1.165, 1.54) is 6.07 Å². The first-order valence-corrected chi connectivity index (χ1v) is 8.29. The fourth-order valence-corrected chi connectivity index (χ4v) is 3.29. The van der Waals surface area contributed by atoms with Gasteiger partial charge in [0.25, 0.3) is 0 Å². The summed E-state index contributed by atoms with van der Waals surface area (Å²) in [5.41, 5.74) is 5.95. The third kappa shape index (κ3) is 3.81. The topological polar surface area (TPSA) is 90.0 Å². The molecule has 108 valence electrons. The highest BCUT2D eigenvalue weighted by Gasteiger charge is 2.16. The van der Waals surface area contributed by atoms with E-state index in [4.69, 9.17) is 5.73 Å². The molecule has 1 heterocycles. The number of hydrogen-bond donors (Lipinski definition) is 2. The number of nitrogen functional groups attached to an aromatic ring is 1. The number of halogens is 1. The number of rotatable bonds is 6. The SMILES string of the molecule is Nc1cc(Br)ccc1S(=O)(=O)NCCCn1cccn1. The molecule has 0 radical (unpaired) electrons. The van der Waals surface area contributed by atoms with Crippen LogP contribution in [0.4, 0.5) is 5.69 Å². The summed E-state index contributed by atoms with van der Waals surface area (Å²) in [6.45, 7) is 0.989. The molecule has 6 nitrogen and oxygen atoms in total. The molecule has 0 fully saturated rings. The van der Waals surface area contributed by atoms with Crippen molar-refractivity contribution in [3.8, 4) is 0 Å². The van der Waals surface area contributed by atoms with Gasteiger partial charge in [-0.15, -0.1) is 0 Å². The van der Waals surface area contributed by atoms with Gasteiger partial charge in [-0.2, -0.15) is 5.10 Å². The molecule has 8 heteroatoms. The minimum Gasteiger partial charge on any atom is -0.398 e. The quantitative estimate of drug-likeness (QED) is 0.606. The highest BCUT2D eigenvalue weighted by Crippen LogP contribution is 2.22. The van der Waals surface area contributed by atoms with E-state index in [1.54, 1.807) is 23.0 Å². The Morgan fingerprint density at radius 1 is 1.40 bits per heavy atom. The molecule has 0 aliphatic heterocycles. The Bertz CT molecular complexity index is 671. The predicted molar refractivity (Wildman–Crippen MR) is 80.6 cm³/mol. The van der Waals surface area contributed by atoms with Crippen molar-refractivity contribution in [2.24, 2.45) is 0 Å². The summed E-state index contributed by atoms with van der Waals surface area (Å²) in [5, 5.41) is 4.05. The number of hydrogen-bond acceptors (Lipinski definition) is 4. The van der Waals surface area contributed by atoms with Gasteiger partial charge in [-0.1, -0.05) is 15.9 Å². The molecular weight excluding hydrogens is 344 g/mol. The number of sulfonamides is 1. The van der Waals surface area contributed by atoms with Crippen molar-refractivity contribution in [3.05, 3.63) is 41.1 Å². The Balaban J connectivity index is 1.93. The van der Waals surface area contributed by atoms with Gasteiger partial charge in [0, 0.05) is 30.0 Å². The lowest BCUT2D eigenvalue weighted by Gasteiger charge is -2.09. The zero-order valence-corrected chi connectivity index (χ0v) is 13.1. The smallest absolute Gasteiger partial charge is 0.242 e. The van der Waals surface area contributed by atoms with E-state index in [1.807, 2.05) is 12.3 Å². The lowest BCUT2D eigenvalue weighted by Crippen LogP contribution is -2.26. The maximum Gasteiger partial charge on any atom is 0.242 e. The first-order valence-electron chi connectivity index (χ1n) is 6.01. The highest BCUT2D eigenvalue weighted by atomic mass is 79.9. The molecule has 3 N–H and O–H groups in total. The highest BCUT2D eigenvalue weighted by molar-refractivity contribution is 9.10. The van der Waals surface area contributed by atoms with Gasteiger partial charge in [0.2, 0.25) is 10.0 Å². The van der Waals surface area contributed by atoms with Gasteiger partial charge in [0.05, 0.1) is 5.69 Å². The van der Waals surface area contributed by atoms with Gasteiger partial charge in [0.15, 0.2) is 0 Å². The van der Waals surface area contributed by atoms with Crippen LogP contribution in [0.15, 0.2) is 46.0 Å². The third-order valence-corrected chi connectivity index (χ3v) is 4.70. The molecule has 0 aliphatic rings. The lowest BCUT2D eigenvalue weighted by molar-refractivity contribution is 0.553. The summed E-state index contributed by atoms with van der Waals surface area (Å²) in [6, 6.07) is 6.52. The fraction of sp³-hybridized carbons (Fsp3) is 0.250. The number of nitrogens with two attached hydrogens (primary N) is 1. The Morgan fingerprint density at radius 2 is 2.20 bits per heavy atom. The van der Waals surface area contributed by atoms with Gasteiger partial charge in [-0.3, -0.25) is 4.68 Å². The molecule has 1 aromatic carbocycles. The van der Waals surface area contributed by atoms with Crippen molar-refractivity contribution in [2.75, 3.05) is 12.3 Å². The minimum absolute atomic E-state index is 0.0970. The first-order chi connectivity index (χ1) is 9.49. The number of benzene rings is 1. The monoisotopic (exact) mass is 358 g/mol. The van der Waals surface area contributed by atoms with Crippen LogP contribution in [0.25, 0.3) is 0 Å². The van der Waals surface area contributed by atoms with Crippen LogP contribution in [0.5, 0.6) is 0 Å². The second-order valence-electron chi connectivity index (χ2n) is 4.20. The Kier molecular flexibility index (Phi) is 4.79. The lowest BCUT2D eigenvalue weighted by atomic mass is 10.3. The molecule has 0 unspecified atom stereocenters. The van der Waals surface area contributed by atoms with Gasteiger partial charge in [-0.05, 0) is 30.7 Å². The number of anilines is 1. The van der Waals surface area contributed by atoms with E-state index in [0.29, 0.717) is 19.5 Å². The van der Waals surface area contributed by atoms with E-state index in [9.17, 15) is 8.42 Å². The number of nitrogens with one attached hydrogen (secondary N) is 1. The number of aromatic nitrogens is 2. The second kappa shape index (κ2) is 6.38. The maximum atomic E-state index is 12.1. The Labute approximate surface area is 126 Å². The van der Waals surface area contributed by atoms with Crippen LogP contribution in [-0.2, 0) is 16.6 Å². The fourth-order valence-electron chi connectivity index (χ4n) is 1.72. The molecule has 0 amide bonds. The summed E-state index contributed by atoms with van der Waals surface area (Å²) in [6.07, 6.45) is 4.17. The zero-order chi connectivity index (χ0) is 14.6. The molecule has 2 aromatic rings. The van der Waals surface area contributed by atoms with Gasteiger partial charge in [0.1, 0.15) is 4.90 Å². The molecule has 0 atom stereocenters. The van der Waals surface area contributed by atoms with E-state index in [0.717, 1.165) is 4.47 Å². The first kappa shape index (κ1) is 15.0. The standard InChI is InChI=1S/C12H15BrN4O2S/c13-10-3-4-12(11(14)9-10)20(18,19)16-6-2-8-17-7-1-5-15-17/h1,3-5,7,9,16H,2,6,8,14H2. The van der Waals surface area contributed by atoms with Gasteiger partial charge in [-0.25, -0.2) is 13.1 Å². The third-order valence-electron chi connectivity index (χ3n) is 2.68. The summed E-state index contributed by atoms with van der Waals surface area (Å²) < 4.78 is 29.2. The van der Waals surface area contributed by atoms with Crippen LogP contribution < -0.4 is 10.5 Å². The summed E-state index contributed by atoms with van der Waals surface area (Å²) >= 11 is 3.24. The van der Waals surface area contributed by atoms with Crippen LogP contribution in [0, 0.1) is 0 Å². The zero-order valence-electron chi connectivity index (χ0n) is 10.7. The Morgan fingerprint density at radius 3 is 2.85 bits per heavy atom. The summed E-state index contributed by atoms with van der Waals surface area (Å²) in [4.78, 5) is 0.0970. The van der Waals surface area contributed by atoms with Crippen molar-refractivity contribution in [3.63, 3.8) is 0 Å². The van der Waals surface area contributed by atoms with Gasteiger partial charge >= 0.3 is 0 Å². The molecule has 1 aromatic heterocycles. The normalized spacial score (nSPS) is 11.7. The predicted octanol–water partition coefficient (Wildman–Crippen LogP) is 1.60.